The number of carbonyl (C=O) groups is 2. The average Bonchev–Trinajstić information content (AvgIpc) is 2.55. The van der Waals surface area contributed by atoms with Gasteiger partial charge in [0, 0.05) is 9.13 Å². The number of benzene rings is 1. The van der Waals surface area contributed by atoms with Crippen molar-refractivity contribution < 1.29 is 18.0 Å². The van der Waals surface area contributed by atoms with Crippen LogP contribution in [0.25, 0.3) is 0 Å². The molecule has 8 heteroatoms. The molecule has 0 saturated heterocycles. The lowest BCUT2D eigenvalue weighted by Crippen LogP contribution is -2.15. The molecular weight excluding hydrogens is 371 g/mol. The number of ketones is 1. The summed E-state index contributed by atoms with van der Waals surface area (Å²) in [5.41, 5.74) is 0.0548. The van der Waals surface area contributed by atoms with Crippen molar-refractivity contribution in [1.82, 2.24) is 0 Å². The fourth-order valence-corrected chi connectivity index (χ4v) is 3.13. The number of sulfonamides is 1. The van der Waals surface area contributed by atoms with E-state index in [1.165, 1.54) is 0 Å². The first-order valence-corrected chi connectivity index (χ1v) is 7.11. The van der Waals surface area contributed by atoms with Crippen molar-refractivity contribution in [1.29, 1.82) is 0 Å². The van der Waals surface area contributed by atoms with Crippen molar-refractivity contribution in [3.8, 4) is 12.3 Å². The Morgan fingerprint density at radius 1 is 1.39 bits per heavy atom. The summed E-state index contributed by atoms with van der Waals surface area (Å²) >= 11 is 1.79. The van der Waals surface area contributed by atoms with Gasteiger partial charge in [0.25, 0.3) is 11.7 Å². The third kappa shape index (κ3) is 1.80. The van der Waals surface area contributed by atoms with Gasteiger partial charge in [0.1, 0.15) is 4.90 Å². The number of primary sulfonamides is 1. The van der Waals surface area contributed by atoms with E-state index >= 15 is 0 Å². The van der Waals surface area contributed by atoms with Crippen LogP contribution < -0.4 is 10.5 Å². The molecule has 1 aliphatic rings. The Labute approximate surface area is 116 Å². The minimum absolute atomic E-state index is 0.0416. The van der Waals surface area contributed by atoms with Crippen LogP contribution in [-0.4, -0.2) is 20.1 Å². The van der Waals surface area contributed by atoms with Crippen LogP contribution in [0.3, 0.4) is 0 Å². The summed E-state index contributed by atoms with van der Waals surface area (Å²) in [4.78, 5) is 22.6. The normalized spacial score (nSPS) is 14.1. The van der Waals surface area contributed by atoms with E-state index < -0.39 is 21.7 Å². The van der Waals surface area contributed by atoms with Gasteiger partial charge < -0.3 is 5.32 Å². The molecule has 1 amide bonds. The van der Waals surface area contributed by atoms with Crippen LogP contribution in [-0.2, 0) is 14.8 Å². The first kappa shape index (κ1) is 13.0. The highest BCUT2D eigenvalue weighted by atomic mass is 127. The molecule has 0 aromatic heterocycles. The quantitative estimate of drug-likeness (QED) is 0.411. The number of anilines is 1. The summed E-state index contributed by atoms with van der Waals surface area (Å²) in [6.45, 7) is 0. The fraction of sp³-hybridized carbons (Fsp3) is 0. The smallest absolute Gasteiger partial charge is 0.296 e. The predicted octanol–water partition coefficient (Wildman–Crippen LogP) is 0.0547. The van der Waals surface area contributed by atoms with Crippen molar-refractivity contribution in [2.75, 3.05) is 5.32 Å². The van der Waals surface area contributed by atoms with E-state index in [0.29, 0.717) is 3.57 Å². The summed E-state index contributed by atoms with van der Waals surface area (Å²) in [5, 5.41) is 7.23. The minimum atomic E-state index is -4.09. The minimum Gasteiger partial charge on any atom is -0.317 e. The van der Waals surface area contributed by atoms with Gasteiger partial charge in [0.2, 0.25) is 10.0 Å². The molecule has 1 aliphatic heterocycles. The summed E-state index contributed by atoms with van der Waals surface area (Å²) in [6, 6.07) is 1.16. The molecule has 6 nitrogen and oxygen atoms in total. The van der Waals surface area contributed by atoms with Gasteiger partial charge in [-0.3, -0.25) is 9.59 Å². The molecule has 0 bridgehead atoms. The average molecular weight is 376 g/mol. The summed E-state index contributed by atoms with van der Waals surface area (Å²) in [7, 11) is -4.09. The third-order valence-electron chi connectivity index (χ3n) is 2.36. The number of rotatable bonds is 1. The van der Waals surface area contributed by atoms with E-state index in [2.05, 4.69) is 11.2 Å². The van der Waals surface area contributed by atoms with E-state index in [0.717, 1.165) is 6.07 Å². The zero-order valence-corrected chi connectivity index (χ0v) is 11.6. The number of halogens is 1. The Kier molecular flexibility index (Phi) is 2.92. The van der Waals surface area contributed by atoms with Crippen molar-refractivity contribution in [2.45, 2.75) is 4.90 Å². The number of hydrogen-bond donors (Lipinski definition) is 2. The van der Waals surface area contributed by atoms with Gasteiger partial charge in [-0.2, -0.15) is 0 Å². The van der Waals surface area contributed by atoms with Crippen LogP contribution in [0.2, 0.25) is 0 Å². The molecule has 0 spiro atoms. The highest BCUT2D eigenvalue weighted by Gasteiger charge is 2.36. The van der Waals surface area contributed by atoms with Crippen molar-refractivity contribution in [2.24, 2.45) is 5.14 Å². The molecule has 1 aromatic carbocycles. The van der Waals surface area contributed by atoms with Gasteiger partial charge in [-0.05, 0) is 28.7 Å². The van der Waals surface area contributed by atoms with Crippen molar-refractivity contribution in [3.63, 3.8) is 0 Å². The molecule has 3 N–H and O–H groups in total. The van der Waals surface area contributed by atoms with E-state index in [4.69, 9.17) is 11.6 Å². The van der Waals surface area contributed by atoms with Gasteiger partial charge in [0.05, 0.1) is 11.3 Å². The van der Waals surface area contributed by atoms with Crippen LogP contribution >= 0.6 is 22.6 Å². The number of Topliss-reactive ketones (excluding diaryl/α,β-unsaturated/α-hetero) is 1. The SMILES string of the molecule is C#Cc1cc(S(N)(=O)=O)c2c(c1I)C(=O)C(=O)N2. The first-order chi connectivity index (χ1) is 8.27. The second kappa shape index (κ2) is 4.04. The molecule has 92 valence electrons. The Hall–Kier alpha value is -1.44. The first-order valence-electron chi connectivity index (χ1n) is 4.49. The maximum atomic E-state index is 11.6. The van der Waals surface area contributed by atoms with E-state index in [1.807, 2.05) is 0 Å². The molecule has 0 atom stereocenters. The van der Waals surface area contributed by atoms with Gasteiger partial charge in [0.15, 0.2) is 0 Å². The number of hydrogen-bond acceptors (Lipinski definition) is 4. The zero-order chi connectivity index (χ0) is 13.7. The highest BCUT2D eigenvalue weighted by Crippen LogP contribution is 2.35. The van der Waals surface area contributed by atoms with Crippen LogP contribution in [0.15, 0.2) is 11.0 Å². The number of amides is 1. The molecule has 0 unspecified atom stereocenters. The molecule has 0 fully saturated rings. The van der Waals surface area contributed by atoms with Crippen molar-refractivity contribution >= 4 is 50.0 Å². The number of nitrogens with one attached hydrogen (secondary N) is 1. The van der Waals surface area contributed by atoms with Crippen LogP contribution in [0, 0.1) is 15.9 Å². The van der Waals surface area contributed by atoms with Gasteiger partial charge >= 0.3 is 0 Å². The lowest BCUT2D eigenvalue weighted by atomic mass is 10.1. The fourth-order valence-electron chi connectivity index (χ4n) is 1.58. The second-order valence-electron chi connectivity index (χ2n) is 3.46. The Morgan fingerprint density at radius 2 is 2.00 bits per heavy atom. The van der Waals surface area contributed by atoms with Gasteiger partial charge in [-0.1, -0.05) is 5.92 Å². The molecular formula is C10H5IN2O4S. The Bertz CT molecular complexity index is 746. The topological polar surface area (TPSA) is 106 Å². The molecule has 1 aromatic rings. The van der Waals surface area contributed by atoms with Crippen LogP contribution in [0.1, 0.15) is 15.9 Å². The standard InChI is InChI=1S/C10H5IN2O4S/c1-2-4-3-5(18(12,16)17)8-6(7(4)11)9(14)10(15)13-8/h1,3H,(H2,12,16,17)(H,13,14,15). The van der Waals surface area contributed by atoms with Gasteiger partial charge in [-0.25, -0.2) is 13.6 Å². The Morgan fingerprint density at radius 3 is 2.50 bits per heavy atom. The monoisotopic (exact) mass is 376 g/mol. The van der Waals surface area contributed by atoms with Gasteiger partial charge in [-0.15, -0.1) is 6.42 Å². The predicted molar refractivity (Wildman–Crippen MR) is 71.4 cm³/mol. The molecule has 2 rings (SSSR count). The van der Waals surface area contributed by atoms with E-state index in [-0.39, 0.29) is 21.7 Å². The molecule has 18 heavy (non-hydrogen) atoms. The number of carbonyl (C=O) groups excluding carboxylic acids is 2. The number of fused-ring (bicyclic) bond motifs is 1. The van der Waals surface area contributed by atoms with Crippen LogP contribution in [0.5, 0.6) is 0 Å². The maximum Gasteiger partial charge on any atom is 0.296 e. The maximum absolute atomic E-state index is 11.6. The molecule has 0 saturated carbocycles. The number of nitrogens with two attached hydrogens (primary N) is 1. The molecule has 1 heterocycles. The third-order valence-corrected chi connectivity index (χ3v) is 4.42. The van der Waals surface area contributed by atoms with Crippen molar-refractivity contribution in [3.05, 3.63) is 20.8 Å². The van der Waals surface area contributed by atoms with Crippen LogP contribution in [0.4, 0.5) is 5.69 Å². The lowest BCUT2D eigenvalue weighted by molar-refractivity contribution is -0.112. The zero-order valence-electron chi connectivity index (χ0n) is 8.65. The summed E-state index contributed by atoms with van der Waals surface area (Å²) in [6.07, 6.45) is 5.23. The lowest BCUT2D eigenvalue weighted by Gasteiger charge is -2.08. The summed E-state index contributed by atoms with van der Waals surface area (Å²) < 4.78 is 23.2. The highest BCUT2D eigenvalue weighted by molar-refractivity contribution is 14.1. The molecule has 0 aliphatic carbocycles. The van der Waals surface area contributed by atoms with E-state index in [9.17, 15) is 18.0 Å². The molecule has 0 radical (unpaired) electrons. The number of terminal acetylenes is 1. The Balaban J connectivity index is 2.95. The largest absolute Gasteiger partial charge is 0.317 e. The summed E-state index contributed by atoms with van der Waals surface area (Å²) in [5.74, 6) is 0.530. The second-order valence-corrected chi connectivity index (χ2v) is 6.07. The van der Waals surface area contributed by atoms with E-state index in [1.54, 1.807) is 22.6 Å².